The van der Waals surface area contributed by atoms with Crippen molar-refractivity contribution in [2.45, 2.75) is 25.3 Å². The zero-order valence-corrected chi connectivity index (χ0v) is 13.6. The lowest BCUT2D eigenvalue weighted by atomic mass is 9.76. The topological polar surface area (TPSA) is 24.5 Å². The molecule has 1 N–H and O–H groups in total. The summed E-state index contributed by atoms with van der Waals surface area (Å²) in [7, 11) is 1.42. The molecule has 0 unspecified atom stereocenters. The Morgan fingerprint density at radius 1 is 1.18 bits per heavy atom. The second-order valence-corrected chi connectivity index (χ2v) is 5.93. The maximum atomic E-state index is 14.5. The number of ether oxygens (including phenoxy) is 1. The molecule has 1 aliphatic carbocycles. The normalized spacial score (nSPS) is 20.9. The molecular weight excluding hydrogens is 310 g/mol. The first-order chi connectivity index (χ1) is 10.2. The Morgan fingerprint density at radius 2 is 1.77 bits per heavy atom. The van der Waals surface area contributed by atoms with Crippen LogP contribution in [0.1, 0.15) is 30.9 Å². The number of hydrogen-bond acceptors (Lipinski definition) is 3. The number of methoxy groups -OCH3 is 1. The molecule has 0 bridgehead atoms. The molecule has 3 nitrogen and oxygen atoms in total. The number of nitrogens with zero attached hydrogens (tertiary/aromatic N) is 1. The first-order valence-corrected chi connectivity index (χ1v) is 7.68. The van der Waals surface area contributed by atoms with E-state index in [0.29, 0.717) is 5.92 Å². The van der Waals surface area contributed by atoms with Crippen LogP contribution in [0.15, 0.2) is 12.1 Å². The number of halogens is 3. The average Bonchev–Trinajstić information content (AvgIpc) is 2.44. The van der Waals surface area contributed by atoms with Crippen molar-refractivity contribution in [3.05, 3.63) is 29.3 Å². The Bertz CT molecular complexity index is 482. The minimum atomic E-state index is -0.484. The molecule has 1 atom stereocenters. The molecule has 1 saturated carbocycles. The van der Waals surface area contributed by atoms with Crippen LogP contribution in [-0.2, 0) is 0 Å². The van der Waals surface area contributed by atoms with Crippen molar-refractivity contribution in [1.29, 1.82) is 0 Å². The fraction of sp³-hybridized carbons (Fsp3) is 0.625. The van der Waals surface area contributed by atoms with Gasteiger partial charge in [-0.05, 0) is 18.8 Å². The monoisotopic (exact) mass is 332 g/mol. The van der Waals surface area contributed by atoms with Crippen molar-refractivity contribution in [2.24, 2.45) is 5.92 Å². The zero-order chi connectivity index (χ0) is 14.8. The minimum absolute atomic E-state index is 0. The van der Waals surface area contributed by atoms with Gasteiger partial charge in [-0.25, -0.2) is 8.78 Å². The van der Waals surface area contributed by atoms with Gasteiger partial charge in [-0.3, -0.25) is 4.90 Å². The molecule has 1 aromatic carbocycles. The van der Waals surface area contributed by atoms with Gasteiger partial charge in [0.15, 0.2) is 0 Å². The number of nitrogens with one attached hydrogen (secondary N) is 1. The van der Waals surface area contributed by atoms with E-state index in [1.54, 1.807) is 0 Å². The molecule has 1 aromatic rings. The summed E-state index contributed by atoms with van der Waals surface area (Å²) in [5.41, 5.74) is 0.224. The third-order valence-electron chi connectivity index (χ3n) is 4.73. The van der Waals surface area contributed by atoms with E-state index in [2.05, 4.69) is 10.2 Å². The Balaban J connectivity index is 0.00000176. The van der Waals surface area contributed by atoms with Crippen LogP contribution in [0.2, 0.25) is 0 Å². The molecular formula is C16H23ClF2N2O. The van der Waals surface area contributed by atoms with E-state index in [9.17, 15) is 8.78 Å². The van der Waals surface area contributed by atoms with E-state index < -0.39 is 11.6 Å². The summed E-state index contributed by atoms with van der Waals surface area (Å²) >= 11 is 0. The van der Waals surface area contributed by atoms with Crippen molar-refractivity contribution in [1.82, 2.24) is 10.2 Å². The van der Waals surface area contributed by atoms with Crippen molar-refractivity contribution in [3.8, 4) is 5.75 Å². The fourth-order valence-electron chi connectivity index (χ4n) is 3.39. The fourth-order valence-corrected chi connectivity index (χ4v) is 3.39. The Morgan fingerprint density at radius 3 is 2.23 bits per heavy atom. The molecule has 0 spiro atoms. The Hall–Kier alpha value is -0.910. The number of rotatable bonds is 4. The van der Waals surface area contributed by atoms with Crippen molar-refractivity contribution in [2.75, 3.05) is 33.3 Å². The number of hydrogen-bond donors (Lipinski definition) is 1. The first kappa shape index (κ1) is 17.4. The van der Waals surface area contributed by atoms with E-state index in [0.717, 1.165) is 45.4 Å². The van der Waals surface area contributed by atoms with Gasteiger partial charge in [0.2, 0.25) is 0 Å². The van der Waals surface area contributed by atoms with E-state index in [4.69, 9.17) is 4.74 Å². The summed E-state index contributed by atoms with van der Waals surface area (Å²) in [6.45, 7) is 3.43. The van der Waals surface area contributed by atoms with E-state index in [1.165, 1.54) is 19.2 Å². The van der Waals surface area contributed by atoms with E-state index in [1.807, 2.05) is 0 Å². The lowest BCUT2D eigenvalue weighted by molar-refractivity contribution is 0.0783. The maximum Gasteiger partial charge on any atom is 0.134 e. The zero-order valence-electron chi connectivity index (χ0n) is 12.8. The summed E-state index contributed by atoms with van der Waals surface area (Å²) in [5, 5.41) is 3.29. The lowest BCUT2D eigenvalue weighted by Crippen LogP contribution is -2.48. The minimum Gasteiger partial charge on any atom is -0.497 e. The van der Waals surface area contributed by atoms with Gasteiger partial charge in [0.05, 0.1) is 7.11 Å². The van der Waals surface area contributed by atoms with Crippen LogP contribution in [-0.4, -0.2) is 38.2 Å². The molecule has 0 radical (unpaired) electrons. The van der Waals surface area contributed by atoms with Crippen LogP contribution >= 0.6 is 12.4 Å². The smallest absolute Gasteiger partial charge is 0.134 e. The second-order valence-electron chi connectivity index (χ2n) is 5.93. The maximum absolute atomic E-state index is 14.5. The molecule has 0 amide bonds. The van der Waals surface area contributed by atoms with Crippen LogP contribution in [0.5, 0.6) is 5.75 Å². The largest absolute Gasteiger partial charge is 0.497 e. The molecule has 1 saturated heterocycles. The summed E-state index contributed by atoms with van der Waals surface area (Å²) in [5.74, 6) is -0.369. The first-order valence-electron chi connectivity index (χ1n) is 7.68. The van der Waals surface area contributed by atoms with Crippen LogP contribution < -0.4 is 10.1 Å². The van der Waals surface area contributed by atoms with E-state index >= 15 is 0 Å². The summed E-state index contributed by atoms with van der Waals surface area (Å²) < 4.78 is 33.9. The molecule has 1 aliphatic heterocycles. The van der Waals surface area contributed by atoms with Crippen LogP contribution in [0.25, 0.3) is 0 Å². The highest BCUT2D eigenvalue weighted by Gasteiger charge is 2.37. The van der Waals surface area contributed by atoms with Crippen molar-refractivity contribution >= 4 is 12.4 Å². The van der Waals surface area contributed by atoms with Crippen molar-refractivity contribution < 1.29 is 13.5 Å². The van der Waals surface area contributed by atoms with Crippen molar-refractivity contribution in [3.63, 3.8) is 0 Å². The van der Waals surface area contributed by atoms with Crippen LogP contribution in [0, 0.1) is 17.6 Å². The SMILES string of the molecule is COc1cc(F)c([C@H](C2CCC2)N2CCNCC2)c(F)c1.Cl. The van der Waals surface area contributed by atoms with Gasteiger partial charge in [-0.1, -0.05) is 6.42 Å². The molecule has 3 rings (SSSR count). The summed E-state index contributed by atoms with van der Waals surface area (Å²) in [6.07, 6.45) is 3.27. The highest BCUT2D eigenvalue weighted by atomic mass is 35.5. The predicted molar refractivity (Wildman–Crippen MR) is 84.7 cm³/mol. The summed E-state index contributed by atoms with van der Waals surface area (Å²) in [6, 6.07) is 2.45. The lowest BCUT2D eigenvalue weighted by Gasteiger charge is -2.43. The Kier molecular flexibility index (Phi) is 6.01. The second kappa shape index (κ2) is 7.57. The van der Waals surface area contributed by atoms with Gasteiger partial charge in [0, 0.05) is 49.9 Å². The van der Waals surface area contributed by atoms with Gasteiger partial charge in [-0.15, -0.1) is 12.4 Å². The van der Waals surface area contributed by atoms with Gasteiger partial charge in [0.25, 0.3) is 0 Å². The number of benzene rings is 1. The number of piperazine rings is 1. The third kappa shape index (κ3) is 3.36. The highest BCUT2D eigenvalue weighted by Crippen LogP contribution is 2.43. The molecule has 2 fully saturated rings. The van der Waals surface area contributed by atoms with Crippen LogP contribution in [0.3, 0.4) is 0 Å². The molecule has 0 aromatic heterocycles. The van der Waals surface area contributed by atoms with Crippen LogP contribution in [0.4, 0.5) is 8.78 Å². The third-order valence-corrected chi connectivity index (χ3v) is 4.73. The van der Waals surface area contributed by atoms with Gasteiger partial charge < -0.3 is 10.1 Å². The Labute approximate surface area is 136 Å². The molecule has 2 aliphatic rings. The van der Waals surface area contributed by atoms with E-state index in [-0.39, 0.29) is 29.8 Å². The molecule has 6 heteroatoms. The van der Waals surface area contributed by atoms with Gasteiger partial charge in [0.1, 0.15) is 17.4 Å². The van der Waals surface area contributed by atoms with Gasteiger partial charge in [-0.2, -0.15) is 0 Å². The molecule has 124 valence electrons. The quantitative estimate of drug-likeness (QED) is 0.916. The predicted octanol–water partition coefficient (Wildman–Crippen LogP) is 3.14. The molecule has 1 heterocycles. The summed E-state index contributed by atoms with van der Waals surface area (Å²) in [4.78, 5) is 2.23. The van der Waals surface area contributed by atoms with Gasteiger partial charge >= 0.3 is 0 Å². The molecule has 22 heavy (non-hydrogen) atoms. The highest BCUT2D eigenvalue weighted by molar-refractivity contribution is 5.85. The standard InChI is InChI=1S/C16H22F2N2O.ClH/c1-21-12-9-13(17)15(14(18)10-12)16(11-3-2-4-11)20-7-5-19-6-8-20;/h9-11,16,19H,2-8H2,1H3;1H/t16-;/m0./s1. The average molecular weight is 333 g/mol.